The molecule has 0 radical (unpaired) electrons. The largest absolute Gasteiger partial charge is 0.489 e. The van der Waals surface area contributed by atoms with Gasteiger partial charge in [0.05, 0.1) is 12.3 Å². The summed E-state index contributed by atoms with van der Waals surface area (Å²) in [5, 5.41) is 0.130. The molecule has 0 unspecified atom stereocenters. The number of nitrogens with zero attached hydrogens (tertiary/aromatic N) is 1. The van der Waals surface area contributed by atoms with Crippen molar-refractivity contribution in [2.45, 2.75) is 51.0 Å². The number of carbonyl (C=O) groups is 1. The quantitative estimate of drug-likeness (QED) is 0.789. The van der Waals surface area contributed by atoms with Gasteiger partial charge >= 0.3 is 6.09 Å². The van der Waals surface area contributed by atoms with E-state index in [0.717, 1.165) is 11.4 Å². The molecule has 1 amide bonds. The van der Waals surface area contributed by atoms with Crippen molar-refractivity contribution in [1.82, 2.24) is 0 Å². The van der Waals surface area contributed by atoms with Gasteiger partial charge in [-0.15, -0.1) is 0 Å². The molecule has 2 heterocycles. The predicted molar refractivity (Wildman–Crippen MR) is 91.6 cm³/mol. The fraction of sp³-hybridized carbons (Fsp3) is 0.588. The molecular formula is C17H25NO4Si. The molecule has 2 atom stereocenters. The fourth-order valence-corrected chi connectivity index (χ4v) is 3.64. The van der Waals surface area contributed by atoms with Crippen LogP contribution >= 0.6 is 0 Å². The van der Waals surface area contributed by atoms with E-state index in [-0.39, 0.29) is 23.3 Å². The van der Waals surface area contributed by atoms with Crippen LogP contribution in [0.2, 0.25) is 18.1 Å². The van der Waals surface area contributed by atoms with E-state index in [1.165, 1.54) is 0 Å². The Balaban J connectivity index is 1.75. The summed E-state index contributed by atoms with van der Waals surface area (Å²) >= 11 is 0. The molecule has 2 aliphatic heterocycles. The molecule has 0 bridgehead atoms. The van der Waals surface area contributed by atoms with Crippen molar-refractivity contribution in [1.29, 1.82) is 0 Å². The molecule has 6 heteroatoms. The second kappa shape index (κ2) is 5.53. The first-order valence-electron chi connectivity index (χ1n) is 8.06. The third-order valence-corrected chi connectivity index (χ3v) is 9.66. The number of para-hydroxylation sites is 2. The van der Waals surface area contributed by atoms with Gasteiger partial charge in [-0.05, 0) is 30.3 Å². The maximum Gasteiger partial charge on any atom is 0.415 e. The monoisotopic (exact) mass is 335 g/mol. The molecule has 1 aromatic carbocycles. The summed E-state index contributed by atoms with van der Waals surface area (Å²) < 4.78 is 17.6. The molecular weight excluding hydrogens is 310 g/mol. The van der Waals surface area contributed by atoms with Crippen LogP contribution in [-0.2, 0) is 9.16 Å². The first-order chi connectivity index (χ1) is 10.7. The molecule has 1 fully saturated rings. The number of fused-ring (bicyclic) bond motifs is 3. The zero-order valence-corrected chi connectivity index (χ0v) is 15.5. The summed E-state index contributed by atoms with van der Waals surface area (Å²) in [7, 11) is -1.87. The van der Waals surface area contributed by atoms with Gasteiger partial charge in [-0.2, -0.15) is 0 Å². The van der Waals surface area contributed by atoms with Gasteiger partial charge in [0.1, 0.15) is 24.5 Å². The first kappa shape index (κ1) is 16.3. The zero-order valence-electron chi connectivity index (χ0n) is 14.5. The van der Waals surface area contributed by atoms with Gasteiger partial charge in [0.25, 0.3) is 0 Å². The highest BCUT2D eigenvalue weighted by molar-refractivity contribution is 6.74. The summed E-state index contributed by atoms with van der Waals surface area (Å²) in [6.07, 6.45) is -0.598. The van der Waals surface area contributed by atoms with Gasteiger partial charge in [0.2, 0.25) is 0 Å². The standard InChI is InChI=1S/C17H25NO4Si/c1-17(2,3)23(4,5)21-11-15-13-10-20-14-9-7-6-8-12(14)18(13)16(19)22-15/h6-9,13,15H,10-11H2,1-5H3/t13-,15-/m0/s1. The number of carbonyl (C=O) groups excluding carboxylic acids is 1. The summed E-state index contributed by atoms with van der Waals surface area (Å²) in [5.41, 5.74) is 0.781. The molecule has 0 saturated carbocycles. The Morgan fingerprint density at radius 1 is 1.30 bits per heavy atom. The van der Waals surface area contributed by atoms with Crippen molar-refractivity contribution in [3.05, 3.63) is 24.3 Å². The van der Waals surface area contributed by atoms with Crippen LogP contribution < -0.4 is 9.64 Å². The lowest BCUT2D eigenvalue weighted by Gasteiger charge is -2.37. The van der Waals surface area contributed by atoms with E-state index in [0.29, 0.717) is 13.2 Å². The number of rotatable bonds is 3. The third kappa shape index (κ3) is 2.85. The van der Waals surface area contributed by atoms with Crippen LogP contribution in [0.5, 0.6) is 5.75 Å². The predicted octanol–water partition coefficient (Wildman–Crippen LogP) is 3.79. The van der Waals surface area contributed by atoms with Gasteiger partial charge in [0, 0.05) is 0 Å². The summed E-state index contributed by atoms with van der Waals surface area (Å²) in [6.45, 7) is 11.9. The van der Waals surface area contributed by atoms with Crippen LogP contribution in [0.4, 0.5) is 10.5 Å². The van der Waals surface area contributed by atoms with Gasteiger partial charge in [-0.3, -0.25) is 4.90 Å². The number of hydrogen-bond donors (Lipinski definition) is 0. The smallest absolute Gasteiger partial charge is 0.415 e. The average Bonchev–Trinajstić information content (AvgIpc) is 2.81. The van der Waals surface area contributed by atoms with Crippen molar-refractivity contribution in [2.75, 3.05) is 18.1 Å². The van der Waals surface area contributed by atoms with E-state index in [4.69, 9.17) is 13.9 Å². The number of cyclic esters (lactones) is 1. The fourth-order valence-electron chi connectivity index (χ4n) is 2.63. The van der Waals surface area contributed by atoms with Gasteiger partial charge in [0.15, 0.2) is 8.32 Å². The van der Waals surface area contributed by atoms with Crippen LogP contribution in [0.25, 0.3) is 0 Å². The van der Waals surface area contributed by atoms with Crippen molar-refractivity contribution < 1.29 is 18.7 Å². The van der Waals surface area contributed by atoms with E-state index in [2.05, 4.69) is 33.9 Å². The second-order valence-corrected chi connectivity index (χ2v) is 12.5. The second-order valence-electron chi connectivity index (χ2n) is 7.71. The summed E-state index contributed by atoms with van der Waals surface area (Å²) in [4.78, 5) is 14.0. The molecule has 23 heavy (non-hydrogen) atoms. The van der Waals surface area contributed by atoms with Crippen molar-refractivity contribution in [3.63, 3.8) is 0 Å². The average molecular weight is 335 g/mol. The molecule has 3 rings (SSSR count). The van der Waals surface area contributed by atoms with Crippen molar-refractivity contribution in [2.24, 2.45) is 0 Å². The number of hydrogen-bond acceptors (Lipinski definition) is 4. The molecule has 5 nitrogen and oxygen atoms in total. The van der Waals surface area contributed by atoms with Gasteiger partial charge < -0.3 is 13.9 Å². The maximum absolute atomic E-state index is 12.3. The lowest BCUT2D eigenvalue weighted by Crippen LogP contribution is -2.48. The Morgan fingerprint density at radius 2 is 2.00 bits per heavy atom. The Labute approximate surface area is 138 Å². The van der Waals surface area contributed by atoms with Crippen molar-refractivity contribution in [3.8, 4) is 5.75 Å². The number of benzene rings is 1. The lowest BCUT2D eigenvalue weighted by atomic mass is 10.1. The number of ether oxygens (including phenoxy) is 2. The Hall–Kier alpha value is -1.53. The van der Waals surface area contributed by atoms with Crippen LogP contribution in [0, 0.1) is 0 Å². The molecule has 1 aromatic rings. The molecule has 1 saturated heterocycles. The van der Waals surface area contributed by atoms with E-state index < -0.39 is 8.32 Å². The summed E-state index contributed by atoms with van der Waals surface area (Å²) in [6, 6.07) is 7.44. The minimum absolute atomic E-state index is 0.123. The summed E-state index contributed by atoms with van der Waals surface area (Å²) in [5.74, 6) is 0.728. The molecule has 0 N–H and O–H groups in total. The highest BCUT2D eigenvalue weighted by atomic mass is 28.4. The van der Waals surface area contributed by atoms with Crippen LogP contribution in [0.1, 0.15) is 20.8 Å². The zero-order chi connectivity index (χ0) is 16.8. The highest BCUT2D eigenvalue weighted by Gasteiger charge is 2.48. The number of anilines is 1. The van der Waals surface area contributed by atoms with E-state index in [9.17, 15) is 4.79 Å². The SMILES string of the molecule is CC(C)(C)[Si](C)(C)OC[C@@H]1OC(=O)N2c3ccccc3OC[C@@H]12. The third-order valence-electron chi connectivity index (χ3n) is 5.16. The first-order valence-corrected chi connectivity index (χ1v) is 11.0. The number of amides is 1. The van der Waals surface area contributed by atoms with Gasteiger partial charge in [-0.1, -0.05) is 32.9 Å². The van der Waals surface area contributed by atoms with Crippen LogP contribution in [0.3, 0.4) is 0 Å². The molecule has 126 valence electrons. The Morgan fingerprint density at radius 3 is 2.70 bits per heavy atom. The van der Waals surface area contributed by atoms with E-state index in [1.807, 2.05) is 24.3 Å². The Bertz CT molecular complexity index is 611. The molecule has 0 aromatic heterocycles. The highest BCUT2D eigenvalue weighted by Crippen LogP contribution is 2.40. The topological polar surface area (TPSA) is 48.0 Å². The minimum Gasteiger partial charge on any atom is -0.489 e. The maximum atomic E-state index is 12.3. The van der Waals surface area contributed by atoms with Crippen LogP contribution in [0.15, 0.2) is 24.3 Å². The van der Waals surface area contributed by atoms with E-state index >= 15 is 0 Å². The van der Waals surface area contributed by atoms with Crippen LogP contribution in [-0.4, -0.2) is 39.8 Å². The molecule has 0 aliphatic carbocycles. The normalized spacial score (nSPS) is 23.9. The lowest BCUT2D eigenvalue weighted by molar-refractivity contribution is 0.0770. The molecule has 2 aliphatic rings. The molecule has 0 spiro atoms. The van der Waals surface area contributed by atoms with E-state index in [1.54, 1.807) is 4.90 Å². The Kier molecular flexibility index (Phi) is 3.92. The van der Waals surface area contributed by atoms with Crippen molar-refractivity contribution >= 4 is 20.1 Å². The van der Waals surface area contributed by atoms with Gasteiger partial charge in [-0.25, -0.2) is 4.79 Å². The minimum atomic E-state index is -1.87.